The van der Waals surface area contributed by atoms with Gasteiger partial charge in [-0.05, 0) is 54.4 Å². The number of aromatic amines is 1. The summed E-state index contributed by atoms with van der Waals surface area (Å²) in [6.07, 6.45) is 0.360. The van der Waals surface area contributed by atoms with E-state index in [1.54, 1.807) is 43.4 Å². The average Bonchev–Trinajstić information content (AvgIpc) is 3.23. The van der Waals surface area contributed by atoms with Crippen molar-refractivity contribution in [3.05, 3.63) is 135 Å². The second-order valence-corrected chi connectivity index (χ2v) is 10.6. The number of carbonyl (C=O) groups excluding carboxylic acids is 2. The fourth-order valence-corrected chi connectivity index (χ4v) is 5.73. The summed E-state index contributed by atoms with van der Waals surface area (Å²) in [6, 6.07) is 26.4. The molecule has 5 aromatic rings. The van der Waals surface area contributed by atoms with Crippen LogP contribution in [0.4, 0.5) is 10.1 Å². The van der Waals surface area contributed by atoms with Gasteiger partial charge < -0.3 is 14.8 Å². The van der Waals surface area contributed by atoms with Crippen LogP contribution in [0.25, 0.3) is 10.9 Å². The van der Waals surface area contributed by atoms with Crippen molar-refractivity contribution in [2.24, 2.45) is 0 Å². The Balaban J connectivity index is 1.49. The topological polar surface area (TPSA) is 56.4 Å². The zero-order valence-electron chi connectivity index (χ0n) is 22.1. The standard InChI is InChI=1S/C33H27ClFN3O2/c1-20-24-9-3-5-12-27(24)36-28(20)18-22-8-7-11-26(31(22)35)32-25-10-4-6-13-29(25)37(2)30(39)19-38(32)33(40)21-14-16-23(34)17-15-21/h3-17,32,36H,18-19H2,1-2H3. The molecule has 200 valence electrons. The molecule has 0 fully saturated rings. The molecule has 0 saturated carbocycles. The van der Waals surface area contributed by atoms with E-state index in [1.165, 1.54) is 9.80 Å². The van der Waals surface area contributed by atoms with Crippen molar-refractivity contribution >= 4 is 40.0 Å². The van der Waals surface area contributed by atoms with Crippen molar-refractivity contribution in [2.75, 3.05) is 18.5 Å². The van der Waals surface area contributed by atoms with Crippen LogP contribution in [0.15, 0.2) is 91.0 Å². The van der Waals surface area contributed by atoms with Crippen LogP contribution in [0.2, 0.25) is 5.02 Å². The molecule has 5 nitrogen and oxygen atoms in total. The summed E-state index contributed by atoms with van der Waals surface area (Å²) in [5, 5.41) is 1.60. The van der Waals surface area contributed by atoms with Gasteiger partial charge in [0, 0.05) is 57.5 Å². The lowest BCUT2D eigenvalue weighted by Crippen LogP contribution is -2.41. The van der Waals surface area contributed by atoms with Crippen LogP contribution in [0, 0.1) is 12.7 Å². The highest BCUT2D eigenvalue weighted by Crippen LogP contribution is 2.40. The Hall–Kier alpha value is -4.42. The lowest BCUT2D eigenvalue weighted by atomic mass is 9.92. The molecule has 0 spiro atoms. The Morgan fingerprint density at radius 3 is 2.42 bits per heavy atom. The van der Waals surface area contributed by atoms with E-state index >= 15 is 4.39 Å². The second-order valence-electron chi connectivity index (χ2n) is 10.1. The maximum absolute atomic E-state index is 16.6. The monoisotopic (exact) mass is 551 g/mol. The summed E-state index contributed by atoms with van der Waals surface area (Å²) in [4.78, 5) is 33.6. The van der Waals surface area contributed by atoms with Gasteiger partial charge >= 0.3 is 0 Å². The Bertz CT molecular complexity index is 1760. The van der Waals surface area contributed by atoms with E-state index < -0.39 is 11.9 Å². The molecule has 2 heterocycles. The minimum atomic E-state index is -0.822. The number of amides is 2. The van der Waals surface area contributed by atoms with Crippen molar-refractivity contribution < 1.29 is 14.0 Å². The summed E-state index contributed by atoms with van der Waals surface area (Å²) in [5.74, 6) is -1.04. The minimum absolute atomic E-state index is 0.206. The number of anilines is 1. The van der Waals surface area contributed by atoms with Gasteiger partial charge in [-0.3, -0.25) is 9.59 Å². The van der Waals surface area contributed by atoms with Gasteiger partial charge in [0.1, 0.15) is 12.4 Å². The van der Waals surface area contributed by atoms with E-state index in [4.69, 9.17) is 11.6 Å². The van der Waals surface area contributed by atoms with Gasteiger partial charge in [0.05, 0.1) is 6.04 Å². The number of benzene rings is 4. The van der Waals surface area contributed by atoms with E-state index in [0.29, 0.717) is 39.4 Å². The van der Waals surface area contributed by atoms with Gasteiger partial charge in [0.25, 0.3) is 5.91 Å². The molecule has 0 radical (unpaired) electrons. The molecule has 0 aliphatic carbocycles. The molecule has 7 heteroatoms. The first-order chi connectivity index (χ1) is 19.3. The molecule has 6 rings (SSSR count). The van der Waals surface area contributed by atoms with Crippen molar-refractivity contribution in [1.82, 2.24) is 9.88 Å². The third-order valence-corrected chi connectivity index (χ3v) is 8.03. The summed E-state index contributed by atoms with van der Waals surface area (Å²) < 4.78 is 16.6. The number of hydrogen-bond acceptors (Lipinski definition) is 2. The molecular weight excluding hydrogens is 525 g/mol. The largest absolute Gasteiger partial charge is 0.358 e. The summed E-state index contributed by atoms with van der Waals surface area (Å²) >= 11 is 6.07. The first-order valence-electron chi connectivity index (χ1n) is 13.1. The molecular formula is C33H27ClFN3O2. The maximum Gasteiger partial charge on any atom is 0.255 e. The smallest absolute Gasteiger partial charge is 0.255 e. The van der Waals surface area contributed by atoms with Crippen LogP contribution >= 0.6 is 11.6 Å². The molecule has 1 atom stereocenters. The van der Waals surface area contributed by atoms with E-state index in [0.717, 1.165) is 22.2 Å². The number of para-hydroxylation sites is 2. The van der Waals surface area contributed by atoms with Crippen LogP contribution in [-0.2, 0) is 11.2 Å². The first kappa shape index (κ1) is 25.8. The number of nitrogens with zero attached hydrogens (tertiary/aromatic N) is 2. The number of aryl methyl sites for hydroxylation is 1. The van der Waals surface area contributed by atoms with Gasteiger partial charge in [0.15, 0.2) is 0 Å². The number of H-pyrrole nitrogens is 1. The highest BCUT2D eigenvalue weighted by Gasteiger charge is 2.37. The number of rotatable bonds is 4. The van der Waals surface area contributed by atoms with E-state index in [-0.39, 0.29) is 18.4 Å². The maximum atomic E-state index is 16.6. The van der Waals surface area contributed by atoms with E-state index in [9.17, 15) is 9.59 Å². The highest BCUT2D eigenvalue weighted by molar-refractivity contribution is 6.30. The lowest BCUT2D eigenvalue weighted by molar-refractivity contribution is -0.119. The van der Waals surface area contributed by atoms with Crippen molar-refractivity contribution in [1.29, 1.82) is 0 Å². The second kappa shape index (κ2) is 10.3. The highest BCUT2D eigenvalue weighted by atomic mass is 35.5. The number of nitrogens with one attached hydrogen (secondary N) is 1. The SMILES string of the molecule is Cc1c(Cc2cccc(C3c4ccccc4N(C)C(=O)CN3C(=O)c3ccc(Cl)cc3)c2F)[nH]c2ccccc12. The Labute approximate surface area is 236 Å². The number of hydrogen-bond donors (Lipinski definition) is 1. The molecule has 2 amide bonds. The number of carbonyl (C=O) groups is 2. The van der Waals surface area contributed by atoms with Crippen LogP contribution in [-0.4, -0.2) is 35.3 Å². The fourth-order valence-electron chi connectivity index (χ4n) is 5.60. The van der Waals surface area contributed by atoms with E-state index in [2.05, 4.69) is 4.98 Å². The molecule has 4 aromatic carbocycles. The Morgan fingerprint density at radius 1 is 0.950 bits per heavy atom. The summed E-state index contributed by atoms with van der Waals surface area (Å²) in [5.41, 5.74) is 5.54. The summed E-state index contributed by atoms with van der Waals surface area (Å²) in [7, 11) is 1.68. The molecule has 40 heavy (non-hydrogen) atoms. The van der Waals surface area contributed by atoms with Crippen LogP contribution < -0.4 is 4.90 Å². The first-order valence-corrected chi connectivity index (χ1v) is 13.5. The molecule has 1 N–H and O–H groups in total. The molecule has 1 aliphatic rings. The number of fused-ring (bicyclic) bond motifs is 2. The van der Waals surface area contributed by atoms with Crippen molar-refractivity contribution in [2.45, 2.75) is 19.4 Å². The van der Waals surface area contributed by atoms with Gasteiger partial charge in [-0.15, -0.1) is 0 Å². The average molecular weight is 552 g/mol. The quantitative estimate of drug-likeness (QED) is 0.260. The Morgan fingerprint density at radius 2 is 1.65 bits per heavy atom. The minimum Gasteiger partial charge on any atom is -0.358 e. The van der Waals surface area contributed by atoms with Gasteiger partial charge in [-0.25, -0.2) is 4.39 Å². The molecule has 1 unspecified atom stereocenters. The van der Waals surface area contributed by atoms with Gasteiger partial charge in [-0.1, -0.05) is 66.2 Å². The molecule has 1 aliphatic heterocycles. The van der Waals surface area contributed by atoms with Crippen molar-refractivity contribution in [3.8, 4) is 0 Å². The lowest BCUT2D eigenvalue weighted by Gasteiger charge is -2.31. The summed E-state index contributed by atoms with van der Waals surface area (Å²) in [6.45, 7) is 1.83. The molecule has 0 saturated heterocycles. The predicted octanol–water partition coefficient (Wildman–Crippen LogP) is 7.07. The molecule has 1 aromatic heterocycles. The van der Waals surface area contributed by atoms with Crippen molar-refractivity contribution in [3.63, 3.8) is 0 Å². The Kier molecular flexibility index (Phi) is 6.64. The zero-order valence-corrected chi connectivity index (χ0v) is 22.9. The van der Waals surface area contributed by atoms with Crippen LogP contribution in [0.3, 0.4) is 0 Å². The van der Waals surface area contributed by atoms with Gasteiger partial charge in [0.2, 0.25) is 5.91 Å². The van der Waals surface area contributed by atoms with E-state index in [1.807, 2.05) is 61.5 Å². The third kappa shape index (κ3) is 4.44. The fraction of sp³-hybridized carbons (Fsp3) is 0.152. The van der Waals surface area contributed by atoms with Crippen LogP contribution in [0.1, 0.15) is 44.3 Å². The normalized spacial score (nSPS) is 15.3. The predicted molar refractivity (Wildman–Crippen MR) is 156 cm³/mol. The number of likely N-dealkylation sites (N-methyl/N-ethyl adjacent to an activating group) is 1. The van der Waals surface area contributed by atoms with Crippen LogP contribution in [0.5, 0.6) is 0 Å². The molecule has 0 bridgehead atoms. The number of halogens is 2. The third-order valence-electron chi connectivity index (χ3n) is 7.78. The van der Waals surface area contributed by atoms with Gasteiger partial charge in [-0.2, -0.15) is 0 Å². The number of aromatic nitrogens is 1. The zero-order chi connectivity index (χ0) is 28.0.